The quantitative estimate of drug-likeness (QED) is 0.888. The Morgan fingerprint density at radius 3 is 2.32 bits per heavy atom. The topological polar surface area (TPSA) is 75.6 Å². The highest BCUT2D eigenvalue weighted by atomic mass is 19.4. The Morgan fingerprint density at radius 2 is 1.89 bits per heavy atom. The fourth-order valence-electron chi connectivity index (χ4n) is 1.45. The first kappa shape index (κ1) is 14.8. The van der Waals surface area contributed by atoms with Gasteiger partial charge in [0.25, 0.3) is 0 Å². The van der Waals surface area contributed by atoms with Crippen LogP contribution in [-0.4, -0.2) is 30.3 Å². The zero-order valence-corrected chi connectivity index (χ0v) is 9.96. The number of nitrogens with one attached hydrogen (secondary N) is 1. The van der Waals surface area contributed by atoms with Gasteiger partial charge >= 0.3 is 18.1 Å². The molecule has 8 heteroatoms. The van der Waals surface area contributed by atoms with E-state index in [0.29, 0.717) is 5.56 Å². The van der Waals surface area contributed by atoms with Gasteiger partial charge in [0, 0.05) is 0 Å². The minimum atomic E-state index is -5.07. The summed E-state index contributed by atoms with van der Waals surface area (Å²) in [5, 5.41) is 10.4. The Morgan fingerprint density at radius 1 is 1.32 bits per heavy atom. The number of carbonyl (C=O) groups is 2. The minimum absolute atomic E-state index is 0.0254. The number of hydrogen-bond acceptors (Lipinski definition) is 3. The molecule has 1 aromatic rings. The van der Waals surface area contributed by atoms with Crippen molar-refractivity contribution in [3.63, 3.8) is 0 Å². The highest BCUT2D eigenvalue weighted by molar-refractivity contribution is 5.98. The minimum Gasteiger partial charge on any atom is -0.494 e. The Kier molecular flexibility index (Phi) is 4.03. The standard InChI is InChI=1S/C11H10F3NO4/c1-5-3-6(9(16)17)4-7(8(5)19-2)15-10(18)11(12,13)14/h3-4H,1-2H3,(H,15,18)(H,16,17). The third kappa shape index (κ3) is 3.36. The summed E-state index contributed by atoms with van der Waals surface area (Å²) < 4.78 is 41.3. The second-order valence-corrected chi connectivity index (χ2v) is 3.63. The number of rotatable bonds is 3. The van der Waals surface area contributed by atoms with Gasteiger partial charge in [-0.25, -0.2) is 4.79 Å². The zero-order chi connectivity index (χ0) is 14.8. The number of carboxylic acids is 1. The lowest BCUT2D eigenvalue weighted by atomic mass is 10.1. The fourth-order valence-corrected chi connectivity index (χ4v) is 1.45. The van der Waals surface area contributed by atoms with Gasteiger partial charge < -0.3 is 15.2 Å². The second-order valence-electron chi connectivity index (χ2n) is 3.63. The van der Waals surface area contributed by atoms with Crippen molar-refractivity contribution >= 4 is 17.6 Å². The molecule has 0 aliphatic heterocycles. The van der Waals surface area contributed by atoms with Crippen LogP contribution in [0.2, 0.25) is 0 Å². The summed E-state index contributed by atoms with van der Waals surface area (Å²) in [6, 6.07) is 2.13. The van der Waals surface area contributed by atoms with Crippen LogP contribution in [0.1, 0.15) is 15.9 Å². The van der Waals surface area contributed by atoms with Crippen molar-refractivity contribution in [2.24, 2.45) is 0 Å². The monoisotopic (exact) mass is 277 g/mol. The van der Waals surface area contributed by atoms with Crippen molar-refractivity contribution in [2.45, 2.75) is 13.1 Å². The first-order valence-electron chi connectivity index (χ1n) is 4.97. The van der Waals surface area contributed by atoms with Crippen LogP contribution < -0.4 is 10.1 Å². The van der Waals surface area contributed by atoms with Crippen molar-refractivity contribution in [1.82, 2.24) is 0 Å². The van der Waals surface area contributed by atoms with E-state index in [2.05, 4.69) is 0 Å². The number of halogens is 3. The summed E-state index contributed by atoms with van der Waals surface area (Å²) in [6.45, 7) is 1.45. The molecule has 0 spiro atoms. The van der Waals surface area contributed by atoms with Gasteiger partial charge in [-0.05, 0) is 24.6 Å². The molecule has 19 heavy (non-hydrogen) atoms. The first-order valence-corrected chi connectivity index (χ1v) is 4.97. The maximum atomic E-state index is 12.2. The van der Waals surface area contributed by atoms with E-state index >= 15 is 0 Å². The molecule has 1 aromatic carbocycles. The zero-order valence-electron chi connectivity index (χ0n) is 9.96. The molecule has 0 aromatic heterocycles. The van der Waals surface area contributed by atoms with Crippen LogP contribution in [0.4, 0.5) is 18.9 Å². The van der Waals surface area contributed by atoms with E-state index < -0.39 is 18.1 Å². The summed E-state index contributed by atoms with van der Waals surface area (Å²) in [7, 11) is 1.20. The van der Waals surface area contributed by atoms with Gasteiger partial charge in [0.15, 0.2) is 0 Å². The van der Waals surface area contributed by atoms with Gasteiger partial charge in [0.1, 0.15) is 5.75 Å². The number of benzene rings is 1. The van der Waals surface area contributed by atoms with Crippen LogP contribution in [0.3, 0.4) is 0 Å². The number of aromatic carboxylic acids is 1. The number of carboxylic acid groups (broad SMARTS) is 1. The fraction of sp³-hybridized carbons (Fsp3) is 0.273. The number of aryl methyl sites for hydroxylation is 1. The average Bonchev–Trinajstić information content (AvgIpc) is 2.27. The number of alkyl halides is 3. The van der Waals surface area contributed by atoms with Crippen LogP contribution in [-0.2, 0) is 4.79 Å². The van der Waals surface area contributed by atoms with Gasteiger partial charge in [-0.1, -0.05) is 0 Å². The lowest BCUT2D eigenvalue weighted by Crippen LogP contribution is -2.30. The number of carbonyl (C=O) groups excluding carboxylic acids is 1. The van der Waals surface area contributed by atoms with Crippen LogP contribution >= 0.6 is 0 Å². The molecule has 0 radical (unpaired) electrons. The molecule has 1 amide bonds. The van der Waals surface area contributed by atoms with E-state index in [9.17, 15) is 22.8 Å². The Balaban J connectivity index is 3.24. The van der Waals surface area contributed by atoms with Crippen LogP contribution in [0.5, 0.6) is 5.75 Å². The molecule has 104 valence electrons. The number of amides is 1. The number of hydrogen-bond donors (Lipinski definition) is 2. The van der Waals surface area contributed by atoms with Crippen molar-refractivity contribution in [3.05, 3.63) is 23.3 Å². The molecule has 0 saturated carbocycles. The van der Waals surface area contributed by atoms with Crippen molar-refractivity contribution in [3.8, 4) is 5.75 Å². The van der Waals surface area contributed by atoms with Gasteiger partial charge in [-0.3, -0.25) is 4.79 Å². The Bertz CT molecular complexity index is 525. The van der Waals surface area contributed by atoms with Crippen LogP contribution in [0.15, 0.2) is 12.1 Å². The summed E-state index contributed by atoms with van der Waals surface area (Å²) in [4.78, 5) is 21.7. The predicted octanol–water partition coefficient (Wildman–Crippen LogP) is 2.20. The molecule has 1 rings (SSSR count). The molecule has 0 fully saturated rings. The molecule has 0 heterocycles. The molecule has 0 aliphatic rings. The van der Waals surface area contributed by atoms with Gasteiger partial charge in [-0.15, -0.1) is 0 Å². The third-order valence-corrected chi connectivity index (χ3v) is 2.23. The number of anilines is 1. The van der Waals surface area contributed by atoms with E-state index in [1.54, 1.807) is 5.32 Å². The second kappa shape index (κ2) is 5.17. The summed E-state index contributed by atoms with van der Waals surface area (Å²) in [5.41, 5.74) is -0.308. The molecular weight excluding hydrogens is 267 g/mol. The molecular formula is C11H10F3NO4. The molecule has 2 N–H and O–H groups in total. The lowest BCUT2D eigenvalue weighted by molar-refractivity contribution is -0.167. The van der Waals surface area contributed by atoms with E-state index in [1.165, 1.54) is 20.1 Å². The van der Waals surface area contributed by atoms with E-state index in [0.717, 1.165) is 6.07 Å². The number of ether oxygens (including phenoxy) is 1. The molecule has 0 aliphatic carbocycles. The third-order valence-electron chi connectivity index (χ3n) is 2.23. The van der Waals surface area contributed by atoms with Gasteiger partial charge in [0.05, 0.1) is 18.4 Å². The maximum absolute atomic E-state index is 12.2. The number of methoxy groups -OCH3 is 1. The Labute approximate surface area is 106 Å². The lowest BCUT2D eigenvalue weighted by Gasteiger charge is -2.14. The largest absolute Gasteiger partial charge is 0.494 e. The van der Waals surface area contributed by atoms with E-state index in [4.69, 9.17) is 9.84 Å². The van der Waals surface area contributed by atoms with Gasteiger partial charge in [0.2, 0.25) is 0 Å². The SMILES string of the molecule is COc1c(C)cc(C(=O)O)cc1NC(=O)C(F)(F)F. The Hall–Kier alpha value is -2.25. The summed E-state index contributed by atoms with van der Waals surface area (Å²) in [6.07, 6.45) is -5.07. The first-order chi connectivity index (χ1) is 8.66. The van der Waals surface area contributed by atoms with Crippen molar-refractivity contribution < 1.29 is 32.6 Å². The van der Waals surface area contributed by atoms with Gasteiger partial charge in [-0.2, -0.15) is 13.2 Å². The molecule has 0 saturated heterocycles. The van der Waals surface area contributed by atoms with Crippen molar-refractivity contribution in [1.29, 1.82) is 0 Å². The average molecular weight is 277 g/mol. The highest BCUT2D eigenvalue weighted by Gasteiger charge is 2.39. The molecule has 0 atom stereocenters. The normalized spacial score (nSPS) is 11.0. The van der Waals surface area contributed by atoms with Crippen LogP contribution in [0, 0.1) is 6.92 Å². The smallest absolute Gasteiger partial charge is 0.471 e. The summed E-state index contributed by atoms with van der Waals surface area (Å²) in [5.74, 6) is -3.55. The predicted molar refractivity (Wildman–Crippen MR) is 59.4 cm³/mol. The maximum Gasteiger partial charge on any atom is 0.471 e. The molecule has 5 nitrogen and oxygen atoms in total. The van der Waals surface area contributed by atoms with E-state index in [-0.39, 0.29) is 17.0 Å². The van der Waals surface area contributed by atoms with E-state index in [1.807, 2.05) is 0 Å². The molecule has 0 bridgehead atoms. The van der Waals surface area contributed by atoms with Crippen molar-refractivity contribution in [2.75, 3.05) is 12.4 Å². The molecule has 0 unspecified atom stereocenters. The highest BCUT2D eigenvalue weighted by Crippen LogP contribution is 2.31. The summed E-state index contributed by atoms with van der Waals surface area (Å²) >= 11 is 0. The van der Waals surface area contributed by atoms with Crippen LogP contribution in [0.25, 0.3) is 0 Å².